The summed E-state index contributed by atoms with van der Waals surface area (Å²) in [6, 6.07) is 0. The first-order valence-electron chi connectivity index (χ1n) is 10.9. The topological polar surface area (TPSA) is 37.3 Å². The summed E-state index contributed by atoms with van der Waals surface area (Å²) < 4.78 is 0. The summed E-state index contributed by atoms with van der Waals surface area (Å²) in [6.07, 6.45) is 18.8. The zero-order valence-corrected chi connectivity index (χ0v) is 15.7. The van der Waals surface area contributed by atoms with E-state index in [1.165, 1.54) is 77.0 Å². The monoisotopic (exact) mass is 334 g/mol. The molecular formula is C22H38O2. The van der Waals surface area contributed by atoms with E-state index in [0.29, 0.717) is 0 Å². The van der Waals surface area contributed by atoms with E-state index in [1.807, 2.05) is 0 Å². The van der Waals surface area contributed by atoms with Gasteiger partial charge in [0.05, 0.1) is 5.92 Å². The number of carbonyl (C=O) groups is 1. The van der Waals surface area contributed by atoms with Gasteiger partial charge in [-0.3, -0.25) is 4.79 Å². The summed E-state index contributed by atoms with van der Waals surface area (Å²) in [4.78, 5) is 11.1. The first-order chi connectivity index (χ1) is 11.7. The molecule has 3 fully saturated rings. The van der Waals surface area contributed by atoms with Gasteiger partial charge in [-0.1, -0.05) is 32.6 Å². The Kier molecular flexibility index (Phi) is 6.63. The zero-order chi connectivity index (χ0) is 16.9. The molecule has 2 heteroatoms. The van der Waals surface area contributed by atoms with Crippen LogP contribution in [0.2, 0.25) is 0 Å². The van der Waals surface area contributed by atoms with E-state index >= 15 is 0 Å². The molecule has 2 nitrogen and oxygen atoms in total. The maximum absolute atomic E-state index is 11.1. The van der Waals surface area contributed by atoms with Gasteiger partial charge < -0.3 is 5.11 Å². The molecule has 0 aliphatic heterocycles. The Morgan fingerprint density at radius 1 is 0.708 bits per heavy atom. The fourth-order valence-electron chi connectivity index (χ4n) is 6.28. The molecule has 3 aliphatic carbocycles. The van der Waals surface area contributed by atoms with Crippen LogP contribution in [0, 0.1) is 35.5 Å². The Bertz CT molecular complexity index is 381. The molecule has 0 radical (unpaired) electrons. The second-order valence-electron chi connectivity index (χ2n) is 9.19. The molecule has 138 valence electrons. The second-order valence-corrected chi connectivity index (χ2v) is 9.19. The molecule has 0 unspecified atom stereocenters. The Balaban J connectivity index is 1.38. The van der Waals surface area contributed by atoms with Crippen LogP contribution in [-0.4, -0.2) is 11.1 Å². The van der Waals surface area contributed by atoms with Crippen LogP contribution in [0.4, 0.5) is 0 Å². The number of hydrogen-bond acceptors (Lipinski definition) is 1. The van der Waals surface area contributed by atoms with Crippen LogP contribution in [-0.2, 0) is 4.79 Å². The third-order valence-corrected chi connectivity index (χ3v) is 7.86. The Labute approximate surface area is 148 Å². The fourth-order valence-corrected chi connectivity index (χ4v) is 6.28. The van der Waals surface area contributed by atoms with Crippen molar-refractivity contribution >= 4 is 5.97 Å². The third-order valence-electron chi connectivity index (χ3n) is 7.86. The lowest BCUT2D eigenvalue weighted by Crippen LogP contribution is -2.30. The van der Waals surface area contributed by atoms with E-state index < -0.39 is 5.97 Å². The Morgan fingerprint density at radius 2 is 1.08 bits per heavy atom. The van der Waals surface area contributed by atoms with Crippen LogP contribution in [0.5, 0.6) is 0 Å². The molecule has 0 heterocycles. The van der Waals surface area contributed by atoms with Crippen molar-refractivity contribution in [2.45, 2.75) is 96.8 Å². The van der Waals surface area contributed by atoms with Gasteiger partial charge in [-0.2, -0.15) is 0 Å². The van der Waals surface area contributed by atoms with E-state index in [1.54, 1.807) is 0 Å². The van der Waals surface area contributed by atoms with Crippen LogP contribution in [0.3, 0.4) is 0 Å². The summed E-state index contributed by atoms with van der Waals surface area (Å²) in [7, 11) is 0. The van der Waals surface area contributed by atoms with Crippen LogP contribution < -0.4 is 0 Å². The van der Waals surface area contributed by atoms with Gasteiger partial charge in [0.2, 0.25) is 0 Å². The van der Waals surface area contributed by atoms with E-state index in [2.05, 4.69) is 6.92 Å². The molecule has 0 aromatic heterocycles. The Hall–Kier alpha value is -0.530. The average Bonchev–Trinajstić information content (AvgIpc) is 2.63. The van der Waals surface area contributed by atoms with E-state index in [-0.39, 0.29) is 5.92 Å². The van der Waals surface area contributed by atoms with Crippen LogP contribution >= 0.6 is 0 Å². The molecule has 0 atom stereocenters. The van der Waals surface area contributed by atoms with Gasteiger partial charge in [-0.15, -0.1) is 0 Å². The first-order valence-corrected chi connectivity index (χ1v) is 10.9. The number of rotatable bonds is 5. The maximum Gasteiger partial charge on any atom is 0.306 e. The molecule has 3 aliphatic rings. The highest BCUT2D eigenvalue weighted by Gasteiger charge is 2.35. The van der Waals surface area contributed by atoms with Gasteiger partial charge in [0, 0.05) is 0 Å². The van der Waals surface area contributed by atoms with Crippen molar-refractivity contribution in [2.75, 3.05) is 0 Å². The van der Waals surface area contributed by atoms with Gasteiger partial charge in [0.15, 0.2) is 0 Å². The Morgan fingerprint density at radius 3 is 1.46 bits per heavy atom. The number of carboxylic acids is 1. The lowest BCUT2D eigenvalue weighted by molar-refractivity contribution is -0.143. The van der Waals surface area contributed by atoms with Crippen LogP contribution in [0.1, 0.15) is 96.8 Å². The van der Waals surface area contributed by atoms with Crippen LogP contribution in [0.25, 0.3) is 0 Å². The predicted molar refractivity (Wildman–Crippen MR) is 98.9 cm³/mol. The minimum absolute atomic E-state index is 0.0455. The van der Waals surface area contributed by atoms with E-state index in [9.17, 15) is 4.79 Å². The minimum atomic E-state index is -0.559. The zero-order valence-electron chi connectivity index (χ0n) is 15.7. The lowest BCUT2D eigenvalue weighted by atomic mass is 9.65. The van der Waals surface area contributed by atoms with Crippen molar-refractivity contribution in [3.05, 3.63) is 0 Å². The molecule has 0 aromatic carbocycles. The molecule has 24 heavy (non-hydrogen) atoms. The number of hydrogen-bond donors (Lipinski definition) is 1. The molecule has 0 spiro atoms. The fraction of sp³-hybridized carbons (Fsp3) is 0.955. The summed E-state index contributed by atoms with van der Waals surface area (Å²) in [6.45, 7) is 2.33. The van der Waals surface area contributed by atoms with Gasteiger partial charge in [-0.25, -0.2) is 0 Å². The van der Waals surface area contributed by atoms with Crippen molar-refractivity contribution in [1.82, 2.24) is 0 Å². The summed E-state index contributed by atoms with van der Waals surface area (Å²) in [5.74, 6) is 4.22. The number of aliphatic carboxylic acids is 1. The maximum atomic E-state index is 11.1. The van der Waals surface area contributed by atoms with Gasteiger partial charge in [0.25, 0.3) is 0 Å². The van der Waals surface area contributed by atoms with Gasteiger partial charge >= 0.3 is 5.97 Å². The second kappa shape index (κ2) is 8.72. The summed E-state index contributed by atoms with van der Waals surface area (Å²) in [5, 5.41) is 9.17. The molecular weight excluding hydrogens is 296 g/mol. The van der Waals surface area contributed by atoms with E-state index in [0.717, 1.165) is 42.4 Å². The molecule has 3 rings (SSSR count). The standard InChI is InChI=1S/C22H38O2/c1-2-3-16-4-6-17(7-5-16)18-8-10-19(11-9-18)20-12-14-21(15-13-20)22(23)24/h16-21H,2-15H2,1H3,(H,23,24). The first kappa shape index (κ1) is 18.3. The smallest absolute Gasteiger partial charge is 0.306 e. The van der Waals surface area contributed by atoms with Crippen molar-refractivity contribution in [3.63, 3.8) is 0 Å². The molecule has 0 bridgehead atoms. The molecule has 0 aromatic rings. The molecule has 0 saturated heterocycles. The molecule has 3 saturated carbocycles. The van der Waals surface area contributed by atoms with Crippen molar-refractivity contribution in [3.8, 4) is 0 Å². The largest absolute Gasteiger partial charge is 0.481 e. The van der Waals surface area contributed by atoms with Crippen LogP contribution in [0.15, 0.2) is 0 Å². The summed E-state index contributed by atoms with van der Waals surface area (Å²) >= 11 is 0. The highest BCUT2D eigenvalue weighted by molar-refractivity contribution is 5.69. The normalized spacial score (nSPS) is 41.0. The van der Waals surface area contributed by atoms with Crippen molar-refractivity contribution in [2.24, 2.45) is 35.5 Å². The van der Waals surface area contributed by atoms with E-state index in [4.69, 9.17) is 5.11 Å². The highest BCUT2D eigenvalue weighted by atomic mass is 16.4. The molecule has 0 amide bonds. The third kappa shape index (κ3) is 4.55. The lowest BCUT2D eigenvalue weighted by Gasteiger charge is -2.41. The highest BCUT2D eigenvalue weighted by Crippen LogP contribution is 2.46. The number of carboxylic acid groups (broad SMARTS) is 1. The van der Waals surface area contributed by atoms with Crippen molar-refractivity contribution < 1.29 is 9.90 Å². The average molecular weight is 335 g/mol. The SMILES string of the molecule is CCCC1CCC(C2CCC(C3CCC(C(=O)O)CC3)CC2)CC1. The van der Waals surface area contributed by atoms with Gasteiger partial charge in [0.1, 0.15) is 0 Å². The molecule has 1 N–H and O–H groups in total. The van der Waals surface area contributed by atoms with Crippen molar-refractivity contribution in [1.29, 1.82) is 0 Å². The van der Waals surface area contributed by atoms with Gasteiger partial charge in [-0.05, 0) is 93.8 Å². The minimum Gasteiger partial charge on any atom is -0.481 e. The predicted octanol–water partition coefficient (Wildman–Crippen LogP) is 6.29. The summed E-state index contributed by atoms with van der Waals surface area (Å²) in [5.41, 5.74) is 0. The quantitative estimate of drug-likeness (QED) is 0.641.